The number of para-hydroxylation sites is 1. The Hall–Kier alpha value is -2.77. The van der Waals surface area contributed by atoms with Crippen molar-refractivity contribution in [2.45, 2.75) is 40.7 Å². The number of nitrogens with zero attached hydrogens (tertiary/aromatic N) is 1. The van der Waals surface area contributed by atoms with Crippen LogP contribution in [0.3, 0.4) is 0 Å². The molecule has 0 N–H and O–H groups in total. The van der Waals surface area contributed by atoms with Crippen LogP contribution in [0, 0.1) is 34.0 Å². The largest absolute Gasteiger partial charge is 0.457 e. The number of nitriles is 1. The van der Waals surface area contributed by atoms with Crippen LogP contribution in [0.4, 0.5) is 0 Å². The van der Waals surface area contributed by atoms with Crippen molar-refractivity contribution >= 4 is 17.6 Å². The fourth-order valence-electron chi connectivity index (χ4n) is 3.57. The second-order valence-corrected chi connectivity index (χ2v) is 9.93. The molecule has 0 saturated heterocycles. The van der Waals surface area contributed by atoms with Gasteiger partial charge in [0.2, 0.25) is 6.10 Å². The van der Waals surface area contributed by atoms with Crippen LogP contribution in [-0.2, 0) is 9.53 Å². The van der Waals surface area contributed by atoms with E-state index in [9.17, 15) is 10.1 Å². The Morgan fingerprint density at radius 2 is 1.77 bits per heavy atom. The minimum absolute atomic E-state index is 0.0150. The van der Waals surface area contributed by atoms with Crippen molar-refractivity contribution in [3.05, 3.63) is 71.3 Å². The van der Waals surface area contributed by atoms with Crippen LogP contribution in [-0.4, -0.2) is 5.97 Å². The zero-order valence-electron chi connectivity index (χ0n) is 18.6. The van der Waals surface area contributed by atoms with E-state index in [0.29, 0.717) is 17.1 Å². The molecule has 4 nitrogen and oxygen atoms in total. The summed E-state index contributed by atoms with van der Waals surface area (Å²) in [4.78, 5) is 12.9. The van der Waals surface area contributed by atoms with Crippen molar-refractivity contribution in [2.75, 3.05) is 0 Å². The summed E-state index contributed by atoms with van der Waals surface area (Å²) < 4.78 is 11.5. The van der Waals surface area contributed by atoms with Crippen LogP contribution in [0.1, 0.15) is 46.3 Å². The molecule has 0 aliphatic heterocycles. The first-order chi connectivity index (χ1) is 14.5. The number of hydrogen-bond donors (Lipinski definition) is 0. The number of carbonyl (C=O) groups is 1. The van der Waals surface area contributed by atoms with E-state index in [0.717, 1.165) is 5.03 Å². The van der Waals surface area contributed by atoms with Gasteiger partial charge in [-0.25, -0.2) is 0 Å². The van der Waals surface area contributed by atoms with Gasteiger partial charge in [-0.1, -0.05) is 82.6 Å². The van der Waals surface area contributed by atoms with Gasteiger partial charge in [0.1, 0.15) is 17.6 Å². The van der Waals surface area contributed by atoms with Gasteiger partial charge in [-0.05, 0) is 41.0 Å². The van der Waals surface area contributed by atoms with E-state index in [1.165, 1.54) is 0 Å². The second-order valence-electron chi connectivity index (χ2n) is 9.52. The monoisotopic (exact) mass is 437 g/mol. The molecule has 3 unspecified atom stereocenters. The quantitative estimate of drug-likeness (QED) is 0.455. The number of allylic oxidation sites excluding steroid dienone is 2. The highest BCUT2D eigenvalue weighted by Crippen LogP contribution is 2.60. The number of benzene rings is 2. The average Bonchev–Trinajstić information content (AvgIpc) is 3.26. The molecular weight excluding hydrogens is 410 g/mol. The highest BCUT2D eigenvalue weighted by Gasteiger charge is 2.62. The van der Waals surface area contributed by atoms with E-state index >= 15 is 0 Å². The van der Waals surface area contributed by atoms with E-state index in [4.69, 9.17) is 21.1 Å². The highest BCUT2D eigenvalue weighted by atomic mass is 35.5. The third-order valence-electron chi connectivity index (χ3n) is 5.70. The molecule has 0 spiro atoms. The second kappa shape index (κ2) is 8.77. The van der Waals surface area contributed by atoms with Crippen molar-refractivity contribution in [3.8, 4) is 17.6 Å². The Balaban J connectivity index is 1.72. The van der Waals surface area contributed by atoms with Crippen LogP contribution >= 0.6 is 11.6 Å². The smallest absolute Gasteiger partial charge is 0.311 e. The molecule has 1 aliphatic rings. The molecule has 0 aromatic heterocycles. The molecule has 31 heavy (non-hydrogen) atoms. The highest BCUT2D eigenvalue weighted by molar-refractivity contribution is 6.30. The third kappa shape index (κ3) is 5.29. The SMILES string of the molecule is CC(C)(C)/C(Cl)=C/C1C(C(=O)OC(C#N)c2cccc(Oc3ccccc3)c2)C1(C)C. The standard InChI is InChI=1S/C26H28ClNO3/c1-25(2,3)22(27)15-20-23(26(20,4)5)24(29)31-21(16-28)17-10-9-13-19(14-17)30-18-11-7-6-8-12-18/h6-15,20-21,23H,1-5H3/b22-15-. The molecule has 0 amide bonds. The first kappa shape index (κ1) is 22.9. The maximum absolute atomic E-state index is 12.9. The van der Waals surface area contributed by atoms with Crippen LogP contribution in [0.25, 0.3) is 0 Å². The molecule has 1 saturated carbocycles. The predicted octanol–water partition coefficient (Wildman–Crippen LogP) is 7.03. The van der Waals surface area contributed by atoms with Crippen LogP contribution in [0.2, 0.25) is 0 Å². The van der Waals surface area contributed by atoms with Gasteiger partial charge in [0.05, 0.1) is 5.92 Å². The van der Waals surface area contributed by atoms with Crippen molar-refractivity contribution in [1.29, 1.82) is 5.26 Å². The van der Waals surface area contributed by atoms with E-state index in [-0.39, 0.29) is 28.6 Å². The molecule has 5 heteroatoms. The van der Waals surface area contributed by atoms with Crippen molar-refractivity contribution < 1.29 is 14.3 Å². The van der Waals surface area contributed by atoms with Gasteiger partial charge in [-0.15, -0.1) is 0 Å². The Morgan fingerprint density at radius 1 is 1.13 bits per heavy atom. The molecular formula is C26H28ClNO3. The van der Waals surface area contributed by atoms with Crippen LogP contribution in [0.5, 0.6) is 11.5 Å². The molecule has 0 heterocycles. The van der Waals surface area contributed by atoms with Gasteiger partial charge >= 0.3 is 5.97 Å². The molecule has 3 rings (SSSR count). The summed E-state index contributed by atoms with van der Waals surface area (Å²) in [6, 6.07) is 18.5. The Kier molecular flexibility index (Phi) is 6.48. The summed E-state index contributed by atoms with van der Waals surface area (Å²) in [6.45, 7) is 10.1. The van der Waals surface area contributed by atoms with Gasteiger partial charge in [-0.3, -0.25) is 4.79 Å². The van der Waals surface area contributed by atoms with Gasteiger partial charge in [0, 0.05) is 10.6 Å². The summed E-state index contributed by atoms with van der Waals surface area (Å²) in [7, 11) is 0. The summed E-state index contributed by atoms with van der Waals surface area (Å²) >= 11 is 6.44. The lowest BCUT2D eigenvalue weighted by molar-refractivity contribution is -0.149. The van der Waals surface area contributed by atoms with Crippen LogP contribution in [0.15, 0.2) is 65.7 Å². The molecule has 2 aromatic carbocycles. The summed E-state index contributed by atoms with van der Waals surface area (Å²) in [5.74, 6) is 0.535. The van der Waals surface area contributed by atoms with Gasteiger partial charge < -0.3 is 9.47 Å². The maximum atomic E-state index is 12.9. The van der Waals surface area contributed by atoms with Crippen molar-refractivity contribution in [3.63, 3.8) is 0 Å². The molecule has 0 bridgehead atoms. The molecule has 3 atom stereocenters. The average molecular weight is 438 g/mol. The lowest BCUT2D eigenvalue weighted by Gasteiger charge is -2.17. The Morgan fingerprint density at radius 3 is 2.39 bits per heavy atom. The topological polar surface area (TPSA) is 59.3 Å². The van der Waals surface area contributed by atoms with E-state index < -0.39 is 6.10 Å². The van der Waals surface area contributed by atoms with E-state index in [2.05, 4.69) is 6.07 Å². The number of rotatable bonds is 6. The predicted molar refractivity (Wildman–Crippen MR) is 122 cm³/mol. The number of hydrogen-bond acceptors (Lipinski definition) is 4. The van der Waals surface area contributed by atoms with Crippen molar-refractivity contribution in [2.24, 2.45) is 22.7 Å². The minimum Gasteiger partial charge on any atom is -0.457 e. The summed E-state index contributed by atoms with van der Waals surface area (Å²) in [5.41, 5.74) is 0.131. The number of esters is 1. The first-order valence-corrected chi connectivity index (χ1v) is 10.7. The van der Waals surface area contributed by atoms with Gasteiger partial charge in [0.15, 0.2) is 0 Å². The third-order valence-corrected chi connectivity index (χ3v) is 6.39. The minimum atomic E-state index is -1.01. The number of carbonyl (C=O) groups excluding carboxylic acids is 1. The number of halogens is 1. The Bertz CT molecular complexity index is 1010. The fourth-order valence-corrected chi connectivity index (χ4v) is 3.71. The first-order valence-electron chi connectivity index (χ1n) is 10.3. The van der Waals surface area contributed by atoms with E-state index in [1.807, 2.05) is 71.0 Å². The number of ether oxygens (including phenoxy) is 2. The zero-order valence-corrected chi connectivity index (χ0v) is 19.3. The molecule has 0 radical (unpaired) electrons. The normalized spacial score (nSPS) is 21.0. The van der Waals surface area contributed by atoms with Crippen LogP contribution < -0.4 is 4.74 Å². The maximum Gasteiger partial charge on any atom is 0.311 e. The lowest BCUT2D eigenvalue weighted by atomic mass is 9.94. The molecule has 1 fully saturated rings. The molecule has 1 aliphatic carbocycles. The van der Waals surface area contributed by atoms with Crippen molar-refractivity contribution in [1.82, 2.24) is 0 Å². The summed E-state index contributed by atoms with van der Waals surface area (Å²) in [5, 5.41) is 10.4. The molecule has 2 aromatic rings. The fraction of sp³-hybridized carbons (Fsp3) is 0.385. The van der Waals surface area contributed by atoms with Gasteiger partial charge in [-0.2, -0.15) is 5.26 Å². The lowest BCUT2D eigenvalue weighted by Crippen LogP contribution is -2.14. The Labute approximate surface area is 189 Å². The van der Waals surface area contributed by atoms with Gasteiger partial charge in [0.25, 0.3) is 0 Å². The zero-order chi connectivity index (χ0) is 22.8. The molecule has 162 valence electrons. The van der Waals surface area contributed by atoms with E-state index in [1.54, 1.807) is 24.3 Å². The summed E-state index contributed by atoms with van der Waals surface area (Å²) in [6.07, 6.45) is 0.953.